The van der Waals surface area contributed by atoms with Crippen molar-refractivity contribution in [3.8, 4) is 22.4 Å². The molecule has 3 aromatic rings. The Morgan fingerprint density at radius 1 is 0.886 bits per heavy atom. The van der Waals surface area contributed by atoms with Gasteiger partial charge in [-0.3, -0.25) is 4.79 Å². The number of rotatable bonds is 5. The van der Waals surface area contributed by atoms with Crippen LogP contribution in [0.2, 0.25) is 0 Å². The first-order chi connectivity index (χ1) is 16.5. The number of carbonyl (C=O) groups excluding carboxylic acids is 1. The Balaban J connectivity index is 1.97. The molecule has 1 aliphatic rings. The zero-order valence-electron chi connectivity index (χ0n) is 18.5. The molecular formula is C23H20F4N4O3S. The van der Waals surface area contributed by atoms with E-state index in [1.807, 2.05) is 0 Å². The van der Waals surface area contributed by atoms with Gasteiger partial charge in [-0.1, -0.05) is 24.3 Å². The minimum atomic E-state index is -4.86. The Morgan fingerprint density at radius 3 is 1.97 bits per heavy atom. The number of piperazine rings is 1. The number of amides is 1. The highest BCUT2D eigenvalue weighted by molar-refractivity contribution is 7.90. The van der Waals surface area contributed by atoms with Crippen molar-refractivity contribution in [1.29, 1.82) is 0 Å². The topological polar surface area (TPSA) is 83.5 Å². The Kier molecular flexibility index (Phi) is 6.50. The summed E-state index contributed by atoms with van der Waals surface area (Å²) in [5, 5.41) is 0. The normalized spacial score (nSPS) is 14.8. The molecule has 0 bridgehead atoms. The van der Waals surface area contributed by atoms with Crippen molar-refractivity contribution in [1.82, 2.24) is 14.9 Å². The van der Waals surface area contributed by atoms with Gasteiger partial charge in [-0.25, -0.2) is 22.8 Å². The molecule has 1 aromatic heterocycles. The molecule has 12 heteroatoms. The largest absolute Gasteiger partial charge is 0.451 e. The SMILES string of the molecule is CS(=O)(=O)c1ccc(-c2nc(C(F)(F)F)nc(N3CCN(C=O)CC3)c2-c2ccc(F)cc2)cc1. The molecule has 0 aliphatic carbocycles. The van der Waals surface area contributed by atoms with Crippen molar-refractivity contribution in [2.24, 2.45) is 0 Å². The summed E-state index contributed by atoms with van der Waals surface area (Å²) in [5.41, 5.74) is 0.781. The molecule has 35 heavy (non-hydrogen) atoms. The van der Waals surface area contributed by atoms with Crippen LogP contribution in [-0.4, -0.2) is 62.1 Å². The second-order valence-electron chi connectivity index (χ2n) is 8.02. The summed E-state index contributed by atoms with van der Waals surface area (Å²) in [6.07, 6.45) is -3.16. The molecular weight excluding hydrogens is 488 g/mol. The lowest BCUT2D eigenvalue weighted by atomic mass is 9.98. The van der Waals surface area contributed by atoms with Crippen LogP contribution in [0.15, 0.2) is 53.4 Å². The van der Waals surface area contributed by atoms with E-state index in [9.17, 15) is 30.8 Å². The fraction of sp³-hybridized carbons (Fsp3) is 0.261. The third kappa shape index (κ3) is 5.26. The van der Waals surface area contributed by atoms with Gasteiger partial charge < -0.3 is 9.80 Å². The van der Waals surface area contributed by atoms with E-state index in [2.05, 4.69) is 9.97 Å². The number of anilines is 1. The molecule has 0 atom stereocenters. The van der Waals surface area contributed by atoms with Crippen molar-refractivity contribution < 1.29 is 30.8 Å². The molecule has 2 aromatic carbocycles. The van der Waals surface area contributed by atoms with Crippen molar-refractivity contribution in [2.75, 3.05) is 37.3 Å². The second-order valence-corrected chi connectivity index (χ2v) is 10.0. The van der Waals surface area contributed by atoms with Crippen molar-refractivity contribution in [2.45, 2.75) is 11.1 Å². The van der Waals surface area contributed by atoms with Crippen LogP contribution in [0.4, 0.5) is 23.4 Å². The smallest absolute Gasteiger partial charge is 0.352 e. The van der Waals surface area contributed by atoms with Gasteiger partial charge in [0.05, 0.1) is 16.2 Å². The van der Waals surface area contributed by atoms with Crippen LogP contribution in [0, 0.1) is 5.82 Å². The number of sulfone groups is 1. The Bertz CT molecular complexity index is 1340. The zero-order valence-corrected chi connectivity index (χ0v) is 19.3. The van der Waals surface area contributed by atoms with Gasteiger partial charge in [0.1, 0.15) is 11.6 Å². The van der Waals surface area contributed by atoms with E-state index >= 15 is 0 Å². The predicted octanol–water partition coefficient (Wildman–Crippen LogP) is 3.65. The molecule has 0 radical (unpaired) electrons. The fourth-order valence-electron chi connectivity index (χ4n) is 3.79. The second kappa shape index (κ2) is 9.25. The van der Waals surface area contributed by atoms with Crippen LogP contribution >= 0.6 is 0 Å². The first-order valence-corrected chi connectivity index (χ1v) is 12.4. The monoisotopic (exact) mass is 508 g/mol. The lowest BCUT2D eigenvalue weighted by Crippen LogP contribution is -2.46. The summed E-state index contributed by atoms with van der Waals surface area (Å²) in [7, 11) is -3.53. The van der Waals surface area contributed by atoms with Gasteiger partial charge in [0.15, 0.2) is 9.84 Å². The first kappa shape index (κ1) is 24.6. The number of aromatic nitrogens is 2. The van der Waals surface area contributed by atoms with Crippen molar-refractivity contribution in [3.63, 3.8) is 0 Å². The number of halogens is 4. The number of hydrogen-bond acceptors (Lipinski definition) is 6. The number of benzene rings is 2. The highest BCUT2D eigenvalue weighted by Gasteiger charge is 2.38. The molecule has 184 valence electrons. The van der Waals surface area contributed by atoms with Gasteiger partial charge in [-0.2, -0.15) is 13.2 Å². The quantitative estimate of drug-likeness (QED) is 0.387. The molecule has 1 saturated heterocycles. The third-order valence-electron chi connectivity index (χ3n) is 5.60. The highest BCUT2D eigenvalue weighted by atomic mass is 32.2. The van der Waals surface area contributed by atoms with Crippen LogP contribution in [-0.2, 0) is 20.8 Å². The van der Waals surface area contributed by atoms with Gasteiger partial charge in [0.25, 0.3) is 0 Å². The Labute approximate surface area is 199 Å². The van der Waals surface area contributed by atoms with E-state index in [0.717, 1.165) is 6.26 Å². The molecule has 0 N–H and O–H groups in total. The van der Waals surface area contributed by atoms with Gasteiger partial charge >= 0.3 is 6.18 Å². The van der Waals surface area contributed by atoms with E-state index in [1.165, 1.54) is 53.4 Å². The lowest BCUT2D eigenvalue weighted by molar-refractivity contribution is -0.144. The maximum atomic E-state index is 13.8. The number of carbonyl (C=O) groups is 1. The number of nitrogens with zero attached hydrogens (tertiary/aromatic N) is 4. The summed E-state index contributed by atoms with van der Waals surface area (Å²) >= 11 is 0. The summed E-state index contributed by atoms with van der Waals surface area (Å²) in [5.74, 6) is -1.90. The molecule has 7 nitrogen and oxygen atoms in total. The van der Waals surface area contributed by atoms with Crippen molar-refractivity contribution in [3.05, 3.63) is 60.2 Å². The Hall–Kier alpha value is -3.54. The molecule has 1 fully saturated rings. The Morgan fingerprint density at radius 2 is 1.46 bits per heavy atom. The molecule has 0 saturated carbocycles. The zero-order chi connectivity index (χ0) is 25.4. The molecule has 1 aliphatic heterocycles. The fourth-order valence-corrected chi connectivity index (χ4v) is 4.43. The maximum absolute atomic E-state index is 13.8. The van der Waals surface area contributed by atoms with E-state index in [0.29, 0.717) is 12.0 Å². The maximum Gasteiger partial charge on any atom is 0.451 e. The molecule has 1 amide bonds. The highest BCUT2D eigenvalue weighted by Crippen LogP contribution is 2.40. The van der Waals surface area contributed by atoms with E-state index in [-0.39, 0.29) is 53.7 Å². The van der Waals surface area contributed by atoms with Gasteiger partial charge in [0, 0.05) is 38.0 Å². The summed E-state index contributed by atoms with van der Waals surface area (Å²) in [4.78, 5) is 21.9. The van der Waals surface area contributed by atoms with Crippen molar-refractivity contribution >= 4 is 22.1 Å². The summed E-state index contributed by atoms with van der Waals surface area (Å²) in [6.45, 7) is 1.04. The molecule has 0 unspecified atom stereocenters. The third-order valence-corrected chi connectivity index (χ3v) is 6.72. The van der Waals surface area contributed by atoms with Gasteiger partial charge in [-0.05, 0) is 29.8 Å². The van der Waals surface area contributed by atoms with Crippen LogP contribution in [0.1, 0.15) is 5.82 Å². The van der Waals surface area contributed by atoms with Crippen LogP contribution in [0.3, 0.4) is 0 Å². The molecule has 2 heterocycles. The molecule has 0 spiro atoms. The number of hydrogen-bond donors (Lipinski definition) is 0. The predicted molar refractivity (Wildman–Crippen MR) is 121 cm³/mol. The minimum absolute atomic E-state index is 0.000100. The molecule has 4 rings (SSSR count). The minimum Gasteiger partial charge on any atom is -0.352 e. The standard InChI is InChI=1S/C23H20F4N4O3S/c1-35(33,34)18-8-4-16(5-9-18)20-19(15-2-6-17(24)7-3-15)21(29-22(28-20)23(25,26)27)31-12-10-30(14-32)11-13-31/h2-9,14H,10-13H2,1H3. The van der Waals surface area contributed by atoms with E-state index in [4.69, 9.17) is 0 Å². The summed E-state index contributed by atoms with van der Waals surface area (Å²) < 4.78 is 78.8. The van der Waals surface area contributed by atoms with Gasteiger partial charge in [-0.15, -0.1) is 0 Å². The van der Waals surface area contributed by atoms with E-state index in [1.54, 1.807) is 4.90 Å². The summed E-state index contributed by atoms with van der Waals surface area (Å²) in [6, 6.07) is 10.5. The first-order valence-electron chi connectivity index (χ1n) is 10.5. The lowest BCUT2D eigenvalue weighted by Gasteiger charge is -2.35. The van der Waals surface area contributed by atoms with Gasteiger partial charge in [0.2, 0.25) is 12.2 Å². The van der Waals surface area contributed by atoms with E-state index < -0.39 is 27.7 Å². The van der Waals surface area contributed by atoms with Crippen LogP contribution in [0.25, 0.3) is 22.4 Å². The number of alkyl halides is 3. The average Bonchev–Trinajstić information content (AvgIpc) is 2.83. The van der Waals surface area contributed by atoms with Crippen LogP contribution < -0.4 is 4.90 Å². The van der Waals surface area contributed by atoms with Crippen LogP contribution in [0.5, 0.6) is 0 Å². The average molecular weight is 508 g/mol.